The fraction of sp³-hybridized carbons (Fsp3) is 0.364. The van der Waals surface area contributed by atoms with E-state index >= 15 is 0 Å². The lowest BCUT2D eigenvalue weighted by Crippen LogP contribution is -2.29. The van der Waals surface area contributed by atoms with E-state index in [-0.39, 0.29) is 0 Å². The number of carbonyl (C=O) groups is 1. The van der Waals surface area contributed by atoms with E-state index < -0.39 is 10.8 Å². The molecule has 0 aliphatic heterocycles. The Balaban J connectivity index is 2.96. The minimum atomic E-state index is -1.35. The average molecular weight is 247 g/mol. The number of carboxylic acids is 1. The van der Waals surface area contributed by atoms with Crippen LogP contribution in [-0.2, 0) is 9.67 Å². The Morgan fingerprint density at radius 3 is 2.40 bits per heavy atom. The molecule has 0 unspecified atom stereocenters. The predicted molar refractivity (Wildman–Crippen MR) is 61.6 cm³/mol. The van der Waals surface area contributed by atoms with Gasteiger partial charge in [0.25, 0.3) is 0 Å². The van der Waals surface area contributed by atoms with Gasteiger partial charge < -0.3 is 5.11 Å². The van der Waals surface area contributed by atoms with Crippen molar-refractivity contribution in [2.45, 2.75) is 17.7 Å². The van der Waals surface area contributed by atoms with Crippen molar-refractivity contribution in [3.63, 3.8) is 0 Å². The molecule has 1 atom stereocenters. The fourth-order valence-electron chi connectivity index (χ4n) is 1.39. The average Bonchev–Trinajstić information content (AvgIpc) is 2.27. The van der Waals surface area contributed by atoms with E-state index in [4.69, 9.17) is 28.3 Å². The van der Waals surface area contributed by atoms with Crippen LogP contribution in [0.2, 0.25) is 0 Å². The Hall–Kier alpha value is -0.730. The Kier molecular flexibility index (Phi) is 4.43. The molecule has 1 N–H and O–H groups in total. The molecular weight excluding hydrogens is 235 g/mol. The molecule has 4 heteroatoms. The molecule has 0 aliphatic rings. The van der Waals surface area contributed by atoms with E-state index in [0.717, 1.165) is 0 Å². The van der Waals surface area contributed by atoms with Crippen LogP contribution in [-0.4, -0.2) is 17.0 Å². The zero-order chi connectivity index (χ0) is 11.3. The predicted octanol–water partition coefficient (Wildman–Crippen LogP) is 3.22. The Bertz CT molecular complexity index is 327. The highest BCUT2D eigenvalue weighted by atomic mass is 35.5. The molecule has 0 fully saturated rings. The highest BCUT2D eigenvalue weighted by Crippen LogP contribution is 2.34. The standard InChI is InChI=1S/C11H12Cl2O2/c12-8-4-7-11(13,10(14)15)9-5-2-1-3-6-9/h1-3,5-6H,4,7-8H2,(H,14,15)/t11-/m0/s1. The smallest absolute Gasteiger partial charge is 0.329 e. The number of alkyl halides is 2. The van der Waals surface area contributed by atoms with Crippen LogP contribution >= 0.6 is 23.2 Å². The van der Waals surface area contributed by atoms with Crippen molar-refractivity contribution in [2.75, 3.05) is 5.88 Å². The van der Waals surface area contributed by atoms with Crippen LogP contribution in [0.1, 0.15) is 18.4 Å². The summed E-state index contributed by atoms with van der Waals surface area (Å²) >= 11 is 11.7. The summed E-state index contributed by atoms with van der Waals surface area (Å²) in [6.07, 6.45) is 0.906. The first-order valence-corrected chi connectivity index (χ1v) is 5.56. The van der Waals surface area contributed by atoms with Crippen LogP contribution in [0.4, 0.5) is 0 Å². The summed E-state index contributed by atoms with van der Waals surface area (Å²) in [4.78, 5) is 9.80. The molecule has 0 aliphatic carbocycles. The molecule has 2 nitrogen and oxygen atoms in total. The third kappa shape index (κ3) is 2.86. The van der Waals surface area contributed by atoms with Gasteiger partial charge in [0.1, 0.15) is 0 Å². The second-order valence-electron chi connectivity index (χ2n) is 3.26. The van der Waals surface area contributed by atoms with Crippen molar-refractivity contribution in [1.29, 1.82) is 0 Å². The number of hydrogen-bond acceptors (Lipinski definition) is 1. The van der Waals surface area contributed by atoms with Crippen LogP contribution in [0.15, 0.2) is 30.3 Å². The minimum absolute atomic E-state index is 0.331. The van der Waals surface area contributed by atoms with E-state index in [2.05, 4.69) is 0 Å². The third-order valence-electron chi connectivity index (χ3n) is 2.23. The first-order valence-electron chi connectivity index (χ1n) is 4.65. The first-order chi connectivity index (χ1) is 7.11. The van der Waals surface area contributed by atoms with E-state index in [1.165, 1.54) is 0 Å². The van der Waals surface area contributed by atoms with Crippen LogP contribution in [0.3, 0.4) is 0 Å². The van der Waals surface area contributed by atoms with Crippen molar-refractivity contribution in [3.05, 3.63) is 35.9 Å². The van der Waals surface area contributed by atoms with Crippen molar-refractivity contribution >= 4 is 29.2 Å². The summed E-state index contributed by atoms with van der Waals surface area (Å²) in [6.45, 7) is 0. The minimum Gasteiger partial charge on any atom is -0.480 e. The molecule has 1 aromatic rings. The second-order valence-corrected chi connectivity index (χ2v) is 4.29. The van der Waals surface area contributed by atoms with E-state index in [1.54, 1.807) is 24.3 Å². The summed E-state index contributed by atoms with van der Waals surface area (Å²) in [5, 5.41) is 9.14. The molecule has 1 aromatic carbocycles. The van der Waals surface area contributed by atoms with E-state index in [9.17, 15) is 4.79 Å². The normalized spacial score (nSPS) is 14.5. The third-order valence-corrected chi connectivity index (χ3v) is 3.06. The number of benzene rings is 1. The van der Waals surface area contributed by atoms with Crippen molar-refractivity contribution in [3.8, 4) is 0 Å². The SMILES string of the molecule is O=C(O)[C@](Cl)(CCCCl)c1ccccc1. The van der Waals surface area contributed by atoms with Gasteiger partial charge in [0.15, 0.2) is 4.87 Å². The first kappa shape index (κ1) is 12.3. The zero-order valence-electron chi connectivity index (χ0n) is 8.12. The summed E-state index contributed by atoms with van der Waals surface area (Å²) < 4.78 is 0. The van der Waals surface area contributed by atoms with Gasteiger partial charge in [0.05, 0.1) is 0 Å². The van der Waals surface area contributed by atoms with Gasteiger partial charge in [0, 0.05) is 5.88 Å². The molecule has 0 saturated carbocycles. The summed E-state index contributed by atoms with van der Waals surface area (Å²) in [5.41, 5.74) is 0.601. The van der Waals surface area contributed by atoms with Crippen molar-refractivity contribution in [1.82, 2.24) is 0 Å². The highest BCUT2D eigenvalue weighted by Gasteiger charge is 2.37. The van der Waals surface area contributed by atoms with Crippen LogP contribution < -0.4 is 0 Å². The maximum atomic E-state index is 11.2. The number of carboxylic acid groups (broad SMARTS) is 1. The maximum absolute atomic E-state index is 11.2. The molecule has 15 heavy (non-hydrogen) atoms. The Labute approximate surface area is 98.8 Å². The van der Waals surface area contributed by atoms with Gasteiger partial charge in [0.2, 0.25) is 0 Å². The molecule has 0 aromatic heterocycles. The van der Waals surface area contributed by atoms with Crippen LogP contribution in [0, 0.1) is 0 Å². The largest absolute Gasteiger partial charge is 0.480 e. The molecule has 1 rings (SSSR count). The number of aliphatic carboxylic acids is 1. The van der Waals surface area contributed by atoms with Gasteiger partial charge in [-0.05, 0) is 18.4 Å². The molecule has 0 amide bonds. The number of halogens is 2. The fourth-order valence-corrected chi connectivity index (χ4v) is 1.78. The van der Waals surface area contributed by atoms with Crippen LogP contribution in [0.5, 0.6) is 0 Å². The number of rotatable bonds is 5. The van der Waals surface area contributed by atoms with E-state index in [1.807, 2.05) is 6.07 Å². The molecule has 0 saturated heterocycles. The monoisotopic (exact) mass is 246 g/mol. The number of hydrogen-bond donors (Lipinski definition) is 1. The highest BCUT2D eigenvalue weighted by molar-refractivity contribution is 6.33. The molecular formula is C11H12Cl2O2. The molecule has 0 bridgehead atoms. The van der Waals surface area contributed by atoms with Crippen molar-refractivity contribution < 1.29 is 9.90 Å². The summed E-state index contributed by atoms with van der Waals surface area (Å²) in [5.74, 6) is -0.616. The summed E-state index contributed by atoms with van der Waals surface area (Å²) in [7, 11) is 0. The molecule has 0 spiro atoms. The van der Waals surface area contributed by atoms with Crippen molar-refractivity contribution in [2.24, 2.45) is 0 Å². The molecule has 0 heterocycles. The summed E-state index contributed by atoms with van der Waals surface area (Å²) in [6, 6.07) is 8.81. The second kappa shape index (κ2) is 5.38. The lowest BCUT2D eigenvalue weighted by atomic mass is 9.94. The quantitative estimate of drug-likeness (QED) is 0.811. The van der Waals surface area contributed by atoms with Gasteiger partial charge in [-0.1, -0.05) is 30.3 Å². The maximum Gasteiger partial charge on any atom is 0.329 e. The lowest BCUT2D eigenvalue weighted by molar-refractivity contribution is -0.140. The van der Waals surface area contributed by atoms with Gasteiger partial charge in [-0.3, -0.25) is 0 Å². The van der Waals surface area contributed by atoms with Gasteiger partial charge in [-0.25, -0.2) is 4.79 Å². The lowest BCUT2D eigenvalue weighted by Gasteiger charge is -2.22. The molecule has 0 radical (unpaired) electrons. The van der Waals surface area contributed by atoms with Gasteiger partial charge in [-0.2, -0.15) is 0 Å². The Morgan fingerprint density at radius 2 is 1.93 bits per heavy atom. The topological polar surface area (TPSA) is 37.3 Å². The molecule has 82 valence electrons. The van der Waals surface area contributed by atoms with Gasteiger partial charge in [-0.15, -0.1) is 23.2 Å². The zero-order valence-corrected chi connectivity index (χ0v) is 9.63. The Morgan fingerprint density at radius 1 is 1.33 bits per heavy atom. The van der Waals surface area contributed by atoms with E-state index in [0.29, 0.717) is 24.3 Å². The van der Waals surface area contributed by atoms with Gasteiger partial charge >= 0.3 is 5.97 Å². The van der Waals surface area contributed by atoms with Crippen LogP contribution in [0.25, 0.3) is 0 Å².